The maximum Gasteiger partial charge on any atom is 0.160 e. The summed E-state index contributed by atoms with van der Waals surface area (Å²) >= 11 is 0. The molecule has 0 aliphatic rings. The highest BCUT2D eigenvalue weighted by molar-refractivity contribution is 5.58. The van der Waals surface area contributed by atoms with E-state index in [2.05, 4.69) is 20.7 Å². The lowest BCUT2D eigenvalue weighted by atomic mass is 10.3. The van der Waals surface area contributed by atoms with Crippen molar-refractivity contribution in [1.82, 2.24) is 9.97 Å². The first kappa shape index (κ1) is 11.2. The van der Waals surface area contributed by atoms with E-state index in [1.807, 2.05) is 0 Å². The van der Waals surface area contributed by atoms with Gasteiger partial charge in [0.15, 0.2) is 11.6 Å². The fourth-order valence-electron chi connectivity index (χ4n) is 1.24. The molecule has 17 heavy (non-hydrogen) atoms. The fourth-order valence-corrected chi connectivity index (χ4v) is 1.24. The second-order valence-corrected chi connectivity index (χ2v) is 3.16. The van der Waals surface area contributed by atoms with Crippen LogP contribution < -0.4 is 16.6 Å². The molecule has 0 bridgehead atoms. The third-order valence-corrected chi connectivity index (χ3v) is 2.00. The summed E-state index contributed by atoms with van der Waals surface area (Å²) in [5.74, 6) is 4.19. The van der Waals surface area contributed by atoms with E-state index in [0.29, 0.717) is 0 Å². The molecule has 5 nitrogen and oxygen atoms in total. The van der Waals surface area contributed by atoms with Crippen LogP contribution in [-0.4, -0.2) is 9.97 Å². The number of halogens is 2. The number of anilines is 3. The van der Waals surface area contributed by atoms with Crippen molar-refractivity contribution in [3.05, 3.63) is 42.2 Å². The van der Waals surface area contributed by atoms with Gasteiger partial charge in [-0.15, -0.1) is 0 Å². The van der Waals surface area contributed by atoms with E-state index >= 15 is 0 Å². The Morgan fingerprint density at radius 2 is 1.71 bits per heavy atom. The maximum atomic E-state index is 13.3. The Bertz CT molecular complexity index is 512. The van der Waals surface area contributed by atoms with Gasteiger partial charge in [0.2, 0.25) is 0 Å². The third kappa shape index (κ3) is 2.45. The molecule has 2 rings (SSSR count). The molecule has 0 amide bonds. The molecule has 0 atom stereocenters. The molecule has 1 aromatic carbocycles. The van der Waals surface area contributed by atoms with Crippen LogP contribution in [0, 0.1) is 11.6 Å². The summed E-state index contributed by atoms with van der Waals surface area (Å²) < 4.78 is 26.7. The van der Waals surface area contributed by atoms with E-state index in [1.54, 1.807) is 0 Å². The molecule has 0 saturated carbocycles. The molecular formula is C10H9F2N5. The first-order chi connectivity index (χ1) is 8.20. The Labute approximate surface area is 95.7 Å². The second-order valence-electron chi connectivity index (χ2n) is 3.16. The van der Waals surface area contributed by atoms with Gasteiger partial charge in [-0.25, -0.2) is 19.6 Å². The molecule has 1 heterocycles. The van der Waals surface area contributed by atoms with Crippen molar-refractivity contribution in [2.24, 2.45) is 5.84 Å². The lowest BCUT2D eigenvalue weighted by Gasteiger charge is -2.08. The number of para-hydroxylation sites is 1. The Kier molecular flexibility index (Phi) is 3.10. The molecule has 0 unspecified atom stereocenters. The van der Waals surface area contributed by atoms with Crippen LogP contribution in [0.2, 0.25) is 0 Å². The average molecular weight is 237 g/mol. The van der Waals surface area contributed by atoms with Crippen molar-refractivity contribution in [3.63, 3.8) is 0 Å². The van der Waals surface area contributed by atoms with Crippen molar-refractivity contribution >= 4 is 17.3 Å². The van der Waals surface area contributed by atoms with Crippen LogP contribution in [0.25, 0.3) is 0 Å². The van der Waals surface area contributed by atoms with Crippen LogP contribution in [0.5, 0.6) is 0 Å². The number of benzene rings is 1. The Hall–Kier alpha value is -2.28. The van der Waals surface area contributed by atoms with Crippen LogP contribution in [-0.2, 0) is 0 Å². The number of aromatic nitrogens is 2. The number of nitrogens with two attached hydrogens (primary N) is 1. The average Bonchev–Trinajstić information content (AvgIpc) is 2.34. The summed E-state index contributed by atoms with van der Waals surface area (Å²) in [4.78, 5) is 7.72. The quantitative estimate of drug-likeness (QED) is 0.560. The number of rotatable bonds is 3. The smallest absolute Gasteiger partial charge is 0.160 e. The predicted molar refractivity (Wildman–Crippen MR) is 59.5 cm³/mol. The second kappa shape index (κ2) is 4.71. The van der Waals surface area contributed by atoms with Crippen molar-refractivity contribution in [3.8, 4) is 0 Å². The minimum Gasteiger partial charge on any atom is -0.334 e. The summed E-state index contributed by atoms with van der Waals surface area (Å²) in [5.41, 5.74) is 2.00. The highest BCUT2D eigenvalue weighted by Gasteiger charge is 2.09. The van der Waals surface area contributed by atoms with Crippen molar-refractivity contribution in [1.29, 1.82) is 0 Å². The largest absolute Gasteiger partial charge is 0.334 e. The summed E-state index contributed by atoms with van der Waals surface area (Å²) in [7, 11) is 0. The molecular weight excluding hydrogens is 228 g/mol. The van der Waals surface area contributed by atoms with Crippen LogP contribution in [0.4, 0.5) is 26.1 Å². The SMILES string of the molecule is NNc1cncc(Nc2c(F)cccc2F)n1. The minimum absolute atomic E-state index is 0.185. The molecule has 88 valence electrons. The highest BCUT2D eigenvalue weighted by Crippen LogP contribution is 2.21. The molecule has 0 aliphatic carbocycles. The van der Waals surface area contributed by atoms with Gasteiger partial charge < -0.3 is 10.7 Å². The first-order valence-electron chi connectivity index (χ1n) is 4.70. The minimum atomic E-state index is -0.710. The zero-order valence-corrected chi connectivity index (χ0v) is 8.61. The molecule has 2 aromatic rings. The van der Waals surface area contributed by atoms with Gasteiger partial charge in [-0.2, -0.15) is 0 Å². The number of nitrogens with one attached hydrogen (secondary N) is 2. The van der Waals surface area contributed by atoms with E-state index in [-0.39, 0.29) is 17.3 Å². The van der Waals surface area contributed by atoms with Gasteiger partial charge in [0, 0.05) is 0 Å². The van der Waals surface area contributed by atoms with E-state index in [0.717, 1.165) is 12.1 Å². The van der Waals surface area contributed by atoms with E-state index in [1.165, 1.54) is 18.5 Å². The summed E-state index contributed by atoms with van der Waals surface area (Å²) in [5, 5.41) is 2.50. The predicted octanol–water partition coefficient (Wildman–Crippen LogP) is 1.78. The van der Waals surface area contributed by atoms with Gasteiger partial charge in [-0.05, 0) is 12.1 Å². The van der Waals surface area contributed by atoms with Gasteiger partial charge in [0.05, 0.1) is 12.4 Å². The third-order valence-electron chi connectivity index (χ3n) is 2.00. The van der Waals surface area contributed by atoms with Gasteiger partial charge in [-0.1, -0.05) is 6.07 Å². The van der Waals surface area contributed by atoms with Crippen LogP contribution in [0.15, 0.2) is 30.6 Å². The Morgan fingerprint density at radius 3 is 2.35 bits per heavy atom. The normalized spacial score (nSPS) is 10.1. The molecule has 0 spiro atoms. The summed E-state index contributed by atoms with van der Waals surface area (Å²) in [6.07, 6.45) is 2.70. The molecule has 0 radical (unpaired) electrons. The van der Waals surface area contributed by atoms with Crippen molar-refractivity contribution in [2.75, 3.05) is 10.7 Å². The number of nitrogen functional groups attached to an aromatic ring is 1. The van der Waals surface area contributed by atoms with Crippen molar-refractivity contribution in [2.45, 2.75) is 0 Å². The highest BCUT2D eigenvalue weighted by atomic mass is 19.1. The number of hydrogen-bond acceptors (Lipinski definition) is 5. The van der Waals surface area contributed by atoms with Gasteiger partial charge >= 0.3 is 0 Å². The Morgan fingerprint density at radius 1 is 1.06 bits per heavy atom. The first-order valence-corrected chi connectivity index (χ1v) is 4.70. The van der Waals surface area contributed by atoms with Crippen LogP contribution in [0.1, 0.15) is 0 Å². The topological polar surface area (TPSA) is 75.9 Å². The number of nitrogens with zero attached hydrogens (tertiary/aromatic N) is 2. The molecule has 0 fully saturated rings. The summed E-state index contributed by atoms with van der Waals surface area (Å²) in [6.45, 7) is 0. The van der Waals surface area contributed by atoms with Crippen molar-refractivity contribution < 1.29 is 8.78 Å². The number of hydrazine groups is 1. The van der Waals surface area contributed by atoms with Gasteiger partial charge in [0.25, 0.3) is 0 Å². The standard InChI is InChI=1S/C10H9F2N5/c11-6-2-1-3-7(12)10(6)16-8-4-14-5-9(15-8)17-13/h1-5H,13H2,(H2,15,16,17). The van der Waals surface area contributed by atoms with Crippen LogP contribution >= 0.6 is 0 Å². The zero-order chi connectivity index (χ0) is 12.3. The molecule has 0 saturated heterocycles. The van der Waals surface area contributed by atoms with Crippen LogP contribution in [0.3, 0.4) is 0 Å². The number of hydrogen-bond donors (Lipinski definition) is 3. The molecule has 0 aliphatic heterocycles. The lowest BCUT2D eigenvalue weighted by molar-refractivity contribution is 0.590. The molecule has 1 aromatic heterocycles. The Balaban J connectivity index is 2.31. The van der Waals surface area contributed by atoms with E-state index in [4.69, 9.17) is 5.84 Å². The maximum absolute atomic E-state index is 13.3. The van der Waals surface area contributed by atoms with E-state index in [9.17, 15) is 8.78 Å². The van der Waals surface area contributed by atoms with Gasteiger partial charge in [0.1, 0.15) is 17.3 Å². The molecule has 7 heteroatoms. The molecule has 4 N–H and O–H groups in total. The lowest BCUT2D eigenvalue weighted by Crippen LogP contribution is -2.10. The monoisotopic (exact) mass is 237 g/mol. The van der Waals surface area contributed by atoms with Gasteiger partial charge in [-0.3, -0.25) is 4.98 Å². The fraction of sp³-hybridized carbons (Fsp3) is 0. The van der Waals surface area contributed by atoms with E-state index < -0.39 is 11.6 Å². The zero-order valence-electron chi connectivity index (χ0n) is 8.61. The summed E-state index contributed by atoms with van der Waals surface area (Å²) in [6, 6.07) is 3.56.